The number of carbonyl (C=O) groups is 1. The molecular formula is C13H18O2S. The van der Waals surface area contributed by atoms with E-state index in [9.17, 15) is 4.79 Å². The Bertz CT molecular complexity index is 345. The van der Waals surface area contributed by atoms with Crippen LogP contribution in [-0.4, -0.2) is 16.3 Å². The molecule has 0 aliphatic rings. The van der Waals surface area contributed by atoms with Crippen molar-refractivity contribution in [3.05, 3.63) is 29.8 Å². The van der Waals surface area contributed by atoms with Crippen molar-refractivity contribution >= 4 is 17.7 Å². The molecule has 0 fully saturated rings. The topological polar surface area (TPSA) is 37.3 Å². The monoisotopic (exact) mass is 238 g/mol. The minimum absolute atomic E-state index is 0.184. The lowest BCUT2D eigenvalue weighted by atomic mass is 10.1. The lowest BCUT2D eigenvalue weighted by molar-refractivity contribution is -0.137. The first kappa shape index (κ1) is 13.1. The van der Waals surface area contributed by atoms with Crippen LogP contribution in [0, 0.1) is 12.8 Å². The Morgan fingerprint density at radius 2 is 1.94 bits per heavy atom. The molecule has 1 rings (SSSR count). The molecule has 16 heavy (non-hydrogen) atoms. The molecular weight excluding hydrogens is 220 g/mol. The van der Waals surface area contributed by atoms with Crippen molar-refractivity contribution in [1.82, 2.24) is 0 Å². The zero-order valence-corrected chi connectivity index (χ0v) is 10.8. The van der Waals surface area contributed by atoms with Gasteiger partial charge in [0.25, 0.3) is 0 Å². The number of thioether (sulfide) groups is 1. The van der Waals surface area contributed by atoms with Crippen LogP contribution in [-0.2, 0) is 4.79 Å². The van der Waals surface area contributed by atoms with Gasteiger partial charge in [-0.25, -0.2) is 0 Å². The Morgan fingerprint density at radius 3 is 2.38 bits per heavy atom. The number of carboxylic acids is 1. The summed E-state index contributed by atoms with van der Waals surface area (Å²) in [5.41, 5.74) is 1.19. The minimum Gasteiger partial charge on any atom is -0.480 e. The maximum atomic E-state index is 11.2. The van der Waals surface area contributed by atoms with Crippen LogP contribution in [0.4, 0.5) is 0 Å². The van der Waals surface area contributed by atoms with Crippen molar-refractivity contribution in [3.63, 3.8) is 0 Å². The highest BCUT2D eigenvalue weighted by Crippen LogP contribution is 2.29. The minimum atomic E-state index is -0.722. The molecule has 0 saturated carbocycles. The van der Waals surface area contributed by atoms with E-state index in [1.54, 1.807) is 0 Å². The number of carboxylic acid groups (broad SMARTS) is 1. The van der Waals surface area contributed by atoms with Crippen molar-refractivity contribution in [2.24, 2.45) is 5.92 Å². The van der Waals surface area contributed by atoms with Gasteiger partial charge >= 0.3 is 5.97 Å². The lowest BCUT2D eigenvalue weighted by Crippen LogP contribution is -2.23. The van der Waals surface area contributed by atoms with Crippen molar-refractivity contribution in [3.8, 4) is 0 Å². The number of aryl methyl sites for hydroxylation is 1. The second-order valence-corrected chi connectivity index (χ2v) is 5.29. The summed E-state index contributed by atoms with van der Waals surface area (Å²) in [7, 11) is 0. The highest BCUT2D eigenvalue weighted by molar-refractivity contribution is 8.00. The van der Waals surface area contributed by atoms with E-state index in [0.717, 1.165) is 11.3 Å². The highest BCUT2D eigenvalue weighted by atomic mass is 32.2. The summed E-state index contributed by atoms with van der Waals surface area (Å²) in [6, 6.07) is 7.99. The Hall–Kier alpha value is -0.960. The van der Waals surface area contributed by atoms with Gasteiger partial charge in [0.15, 0.2) is 0 Å². The third-order valence-electron chi connectivity index (χ3n) is 2.69. The molecule has 88 valence electrons. The van der Waals surface area contributed by atoms with Crippen LogP contribution in [0.1, 0.15) is 25.8 Å². The molecule has 0 bridgehead atoms. The van der Waals surface area contributed by atoms with E-state index in [1.165, 1.54) is 17.3 Å². The van der Waals surface area contributed by atoms with Gasteiger partial charge in [-0.2, -0.15) is 0 Å². The fourth-order valence-electron chi connectivity index (χ4n) is 1.39. The number of aliphatic carboxylic acids is 1. The lowest BCUT2D eigenvalue weighted by Gasteiger charge is -2.18. The molecule has 2 atom stereocenters. The summed E-state index contributed by atoms with van der Waals surface area (Å²) in [6.07, 6.45) is 0.885. The Kier molecular flexibility index (Phi) is 4.87. The molecule has 1 N–H and O–H groups in total. The third kappa shape index (κ3) is 3.56. The molecule has 2 nitrogen and oxygen atoms in total. The van der Waals surface area contributed by atoms with Crippen LogP contribution in [0.5, 0.6) is 0 Å². The van der Waals surface area contributed by atoms with E-state index in [1.807, 2.05) is 45.0 Å². The van der Waals surface area contributed by atoms with Crippen molar-refractivity contribution in [1.29, 1.82) is 0 Å². The van der Waals surface area contributed by atoms with Gasteiger partial charge in [0.05, 0.1) is 0 Å². The molecule has 3 heteroatoms. The highest BCUT2D eigenvalue weighted by Gasteiger charge is 2.24. The van der Waals surface area contributed by atoms with Gasteiger partial charge in [-0.15, -0.1) is 11.8 Å². The first-order chi connectivity index (χ1) is 7.54. The van der Waals surface area contributed by atoms with Crippen LogP contribution < -0.4 is 0 Å². The number of benzene rings is 1. The van der Waals surface area contributed by atoms with Gasteiger partial charge in [0.1, 0.15) is 5.25 Å². The van der Waals surface area contributed by atoms with Gasteiger partial charge in [-0.3, -0.25) is 4.79 Å². The standard InChI is InChI=1S/C13H18O2S/c1-4-10(3)12(13(14)15)16-11-7-5-9(2)6-8-11/h5-8,10,12H,4H2,1-3H3,(H,14,15). The summed E-state index contributed by atoms with van der Waals surface area (Å²) in [4.78, 5) is 12.2. The first-order valence-electron chi connectivity index (χ1n) is 5.50. The molecule has 0 heterocycles. The normalized spacial score (nSPS) is 14.4. The van der Waals surface area contributed by atoms with Crippen LogP contribution >= 0.6 is 11.8 Å². The summed E-state index contributed by atoms with van der Waals surface area (Å²) >= 11 is 1.44. The molecule has 0 aliphatic heterocycles. The van der Waals surface area contributed by atoms with Gasteiger partial charge in [-0.1, -0.05) is 38.0 Å². The predicted molar refractivity (Wildman–Crippen MR) is 67.9 cm³/mol. The largest absolute Gasteiger partial charge is 0.480 e. The van der Waals surface area contributed by atoms with Crippen molar-refractivity contribution in [2.75, 3.05) is 0 Å². The van der Waals surface area contributed by atoms with Crippen LogP contribution in [0.2, 0.25) is 0 Å². The molecule has 0 radical (unpaired) electrons. The van der Waals surface area contributed by atoms with Crippen LogP contribution in [0.3, 0.4) is 0 Å². The van der Waals surface area contributed by atoms with Gasteiger partial charge < -0.3 is 5.11 Å². The second kappa shape index (κ2) is 5.94. The van der Waals surface area contributed by atoms with E-state index < -0.39 is 5.97 Å². The molecule has 1 aromatic rings. The van der Waals surface area contributed by atoms with Crippen LogP contribution in [0.15, 0.2) is 29.2 Å². The number of rotatable bonds is 5. The average Bonchev–Trinajstić information content (AvgIpc) is 2.27. The van der Waals surface area contributed by atoms with Gasteiger partial charge in [-0.05, 0) is 25.0 Å². The molecule has 1 aromatic carbocycles. The van der Waals surface area contributed by atoms with Gasteiger partial charge in [0.2, 0.25) is 0 Å². The molecule has 0 aliphatic carbocycles. The van der Waals surface area contributed by atoms with E-state index >= 15 is 0 Å². The summed E-state index contributed by atoms with van der Waals surface area (Å²) in [5, 5.41) is 8.82. The van der Waals surface area contributed by atoms with E-state index in [4.69, 9.17) is 5.11 Å². The second-order valence-electron chi connectivity index (χ2n) is 4.08. The Balaban J connectivity index is 2.75. The predicted octanol–water partition coefficient (Wildman–Crippen LogP) is 3.59. The molecule has 0 amide bonds. The summed E-state index contributed by atoms with van der Waals surface area (Å²) in [6.45, 7) is 6.04. The quantitative estimate of drug-likeness (QED) is 0.797. The molecule has 0 aromatic heterocycles. The van der Waals surface area contributed by atoms with E-state index in [0.29, 0.717) is 0 Å². The maximum Gasteiger partial charge on any atom is 0.317 e. The SMILES string of the molecule is CCC(C)C(Sc1ccc(C)cc1)C(=O)O. The molecule has 2 unspecified atom stereocenters. The molecule has 0 saturated heterocycles. The number of hydrogen-bond acceptors (Lipinski definition) is 2. The average molecular weight is 238 g/mol. The van der Waals surface area contributed by atoms with Gasteiger partial charge in [0, 0.05) is 4.90 Å². The third-order valence-corrected chi connectivity index (χ3v) is 4.15. The molecule has 0 spiro atoms. The van der Waals surface area contributed by atoms with E-state index in [-0.39, 0.29) is 11.2 Å². The fraction of sp³-hybridized carbons (Fsp3) is 0.462. The van der Waals surface area contributed by atoms with Crippen molar-refractivity contribution in [2.45, 2.75) is 37.3 Å². The fourth-order valence-corrected chi connectivity index (χ4v) is 2.50. The Morgan fingerprint density at radius 1 is 1.38 bits per heavy atom. The Labute approximate surface area is 101 Å². The smallest absolute Gasteiger partial charge is 0.317 e. The zero-order valence-electron chi connectivity index (χ0n) is 9.93. The zero-order chi connectivity index (χ0) is 12.1. The number of hydrogen-bond donors (Lipinski definition) is 1. The van der Waals surface area contributed by atoms with E-state index in [2.05, 4.69) is 0 Å². The van der Waals surface area contributed by atoms with Crippen LogP contribution in [0.25, 0.3) is 0 Å². The summed E-state index contributed by atoms with van der Waals surface area (Å²) in [5.74, 6) is -0.538. The maximum absolute atomic E-state index is 11.2. The first-order valence-corrected chi connectivity index (χ1v) is 6.38. The van der Waals surface area contributed by atoms with Crippen molar-refractivity contribution < 1.29 is 9.90 Å². The summed E-state index contributed by atoms with van der Waals surface area (Å²) < 4.78 is 0.